The SMILES string of the molecule is NC1CCCCCC1C(=O)c1cccnc1. The van der Waals surface area contributed by atoms with Crippen LogP contribution in [0.4, 0.5) is 0 Å². The predicted molar refractivity (Wildman–Crippen MR) is 63.1 cm³/mol. The Balaban J connectivity index is 2.14. The van der Waals surface area contributed by atoms with E-state index in [0.717, 1.165) is 25.7 Å². The summed E-state index contributed by atoms with van der Waals surface area (Å²) in [6, 6.07) is 3.65. The number of hydrogen-bond donors (Lipinski definition) is 1. The van der Waals surface area contributed by atoms with E-state index in [1.807, 2.05) is 6.07 Å². The molecule has 1 aliphatic rings. The number of Topliss-reactive ketones (excluding diaryl/α,β-unsaturated/α-hetero) is 1. The molecule has 1 saturated carbocycles. The van der Waals surface area contributed by atoms with E-state index in [2.05, 4.69) is 4.98 Å². The Morgan fingerprint density at radius 3 is 2.88 bits per heavy atom. The molecule has 1 fully saturated rings. The molecule has 1 aromatic rings. The van der Waals surface area contributed by atoms with Crippen molar-refractivity contribution in [2.75, 3.05) is 0 Å². The van der Waals surface area contributed by atoms with Crippen LogP contribution in [0.15, 0.2) is 24.5 Å². The van der Waals surface area contributed by atoms with Crippen LogP contribution in [0.3, 0.4) is 0 Å². The van der Waals surface area contributed by atoms with Crippen molar-refractivity contribution in [1.29, 1.82) is 0 Å². The van der Waals surface area contributed by atoms with Gasteiger partial charge in [0.15, 0.2) is 5.78 Å². The largest absolute Gasteiger partial charge is 0.327 e. The third kappa shape index (κ3) is 2.47. The molecule has 0 saturated heterocycles. The van der Waals surface area contributed by atoms with E-state index >= 15 is 0 Å². The molecule has 3 heteroatoms. The minimum atomic E-state index is -0.00769. The molecule has 0 bridgehead atoms. The fraction of sp³-hybridized carbons (Fsp3) is 0.538. The summed E-state index contributed by atoms with van der Waals surface area (Å²) in [6.07, 6.45) is 8.68. The van der Waals surface area contributed by atoms with E-state index in [9.17, 15) is 4.79 Å². The average molecular weight is 218 g/mol. The van der Waals surface area contributed by atoms with E-state index in [-0.39, 0.29) is 17.7 Å². The standard InChI is InChI=1S/C13H18N2O/c14-12-7-3-1-2-6-11(12)13(16)10-5-4-8-15-9-10/h4-5,8-9,11-12H,1-3,6-7,14H2. The first-order chi connectivity index (χ1) is 7.79. The molecule has 2 rings (SSSR count). The van der Waals surface area contributed by atoms with E-state index in [4.69, 9.17) is 5.73 Å². The van der Waals surface area contributed by atoms with Crippen molar-refractivity contribution < 1.29 is 4.79 Å². The number of carbonyl (C=O) groups is 1. The van der Waals surface area contributed by atoms with Gasteiger partial charge in [-0.15, -0.1) is 0 Å². The zero-order valence-corrected chi connectivity index (χ0v) is 9.43. The molecule has 86 valence electrons. The van der Waals surface area contributed by atoms with Gasteiger partial charge in [-0.05, 0) is 25.0 Å². The van der Waals surface area contributed by atoms with Gasteiger partial charge in [-0.3, -0.25) is 9.78 Å². The molecule has 2 atom stereocenters. The number of ketones is 1. The first-order valence-corrected chi connectivity index (χ1v) is 5.99. The highest BCUT2D eigenvalue weighted by atomic mass is 16.1. The lowest BCUT2D eigenvalue weighted by Crippen LogP contribution is -2.34. The number of pyridine rings is 1. The fourth-order valence-corrected chi connectivity index (χ4v) is 2.38. The Morgan fingerprint density at radius 1 is 1.31 bits per heavy atom. The molecule has 2 N–H and O–H groups in total. The quantitative estimate of drug-likeness (QED) is 0.611. The minimum Gasteiger partial charge on any atom is -0.327 e. The molecular formula is C13H18N2O. The summed E-state index contributed by atoms with van der Waals surface area (Å²) < 4.78 is 0. The second kappa shape index (κ2) is 5.21. The molecule has 3 nitrogen and oxygen atoms in total. The average Bonchev–Trinajstić information content (AvgIpc) is 2.54. The first kappa shape index (κ1) is 11.3. The summed E-state index contributed by atoms with van der Waals surface area (Å²) in [4.78, 5) is 16.2. The van der Waals surface area contributed by atoms with Gasteiger partial charge >= 0.3 is 0 Å². The molecule has 0 spiro atoms. The lowest BCUT2D eigenvalue weighted by molar-refractivity contribution is 0.0894. The van der Waals surface area contributed by atoms with Crippen molar-refractivity contribution >= 4 is 5.78 Å². The van der Waals surface area contributed by atoms with Crippen LogP contribution in [-0.4, -0.2) is 16.8 Å². The zero-order chi connectivity index (χ0) is 11.4. The summed E-state index contributed by atoms with van der Waals surface area (Å²) in [6.45, 7) is 0. The van der Waals surface area contributed by atoms with Crippen LogP contribution in [0.2, 0.25) is 0 Å². The maximum atomic E-state index is 12.2. The number of carbonyl (C=O) groups excluding carboxylic acids is 1. The molecule has 0 aliphatic heterocycles. The van der Waals surface area contributed by atoms with Gasteiger partial charge in [0, 0.05) is 29.9 Å². The molecule has 0 amide bonds. The Bertz CT molecular complexity index is 350. The predicted octanol–water partition coefficient (Wildman–Crippen LogP) is 2.17. The van der Waals surface area contributed by atoms with Gasteiger partial charge in [0.05, 0.1) is 0 Å². The maximum absolute atomic E-state index is 12.2. The van der Waals surface area contributed by atoms with Crippen LogP contribution < -0.4 is 5.73 Å². The number of nitrogens with two attached hydrogens (primary N) is 1. The topological polar surface area (TPSA) is 56.0 Å². The molecule has 2 unspecified atom stereocenters. The lowest BCUT2D eigenvalue weighted by atomic mass is 9.88. The smallest absolute Gasteiger partial charge is 0.169 e. The third-order valence-corrected chi connectivity index (χ3v) is 3.35. The summed E-state index contributed by atoms with van der Waals surface area (Å²) >= 11 is 0. The van der Waals surface area contributed by atoms with Crippen LogP contribution in [0.25, 0.3) is 0 Å². The molecule has 1 aliphatic carbocycles. The number of aromatic nitrogens is 1. The van der Waals surface area contributed by atoms with Crippen molar-refractivity contribution in [1.82, 2.24) is 4.98 Å². The normalized spacial score (nSPS) is 26.1. The van der Waals surface area contributed by atoms with Crippen molar-refractivity contribution in [3.63, 3.8) is 0 Å². The van der Waals surface area contributed by atoms with Gasteiger partial charge in [-0.25, -0.2) is 0 Å². The van der Waals surface area contributed by atoms with Gasteiger partial charge in [-0.2, -0.15) is 0 Å². The highest BCUT2D eigenvalue weighted by molar-refractivity contribution is 5.98. The highest BCUT2D eigenvalue weighted by Gasteiger charge is 2.27. The maximum Gasteiger partial charge on any atom is 0.169 e. The van der Waals surface area contributed by atoms with Crippen LogP contribution in [-0.2, 0) is 0 Å². The van der Waals surface area contributed by atoms with E-state index < -0.39 is 0 Å². The Morgan fingerprint density at radius 2 is 2.12 bits per heavy atom. The van der Waals surface area contributed by atoms with E-state index in [1.165, 1.54) is 6.42 Å². The summed E-state index contributed by atoms with van der Waals surface area (Å²) in [7, 11) is 0. The number of hydrogen-bond acceptors (Lipinski definition) is 3. The Labute approximate surface area is 96.1 Å². The monoisotopic (exact) mass is 218 g/mol. The Kier molecular flexibility index (Phi) is 3.67. The van der Waals surface area contributed by atoms with Crippen molar-refractivity contribution in [3.05, 3.63) is 30.1 Å². The van der Waals surface area contributed by atoms with E-state index in [1.54, 1.807) is 18.5 Å². The van der Waals surface area contributed by atoms with Crippen LogP contribution in [0.1, 0.15) is 42.5 Å². The fourth-order valence-electron chi connectivity index (χ4n) is 2.38. The molecule has 0 radical (unpaired) electrons. The van der Waals surface area contributed by atoms with Crippen molar-refractivity contribution in [2.24, 2.45) is 11.7 Å². The van der Waals surface area contributed by atoms with Gasteiger partial charge in [0.2, 0.25) is 0 Å². The van der Waals surface area contributed by atoms with Crippen LogP contribution in [0, 0.1) is 5.92 Å². The van der Waals surface area contributed by atoms with Crippen molar-refractivity contribution in [2.45, 2.75) is 38.1 Å². The van der Waals surface area contributed by atoms with Gasteiger partial charge < -0.3 is 5.73 Å². The van der Waals surface area contributed by atoms with Crippen molar-refractivity contribution in [3.8, 4) is 0 Å². The lowest BCUT2D eigenvalue weighted by Gasteiger charge is -2.19. The van der Waals surface area contributed by atoms with Gasteiger partial charge in [-0.1, -0.05) is 19.3 Å². The first-order valence-electron chi connectivity index (χ1n) is 5.99. The second-order valence-electron chi connectivity index (χ2n) is 4.51. The summed E-state index contributed by atoms with van der Waals surface area (Å²) in [5.41, 5.74) is 6.77. The number of rotatable bonds is 2. The van der Waals surface area contributed by atoms with Crippen LogP contribution >= 0.6 is 0 Å². The highest BCUT2D eigenvalue weighted by Crippen LogP contribution is 2.25. The summed E-state index contributed by atoms with van der Waals surface area (Å²) in [5.74, 6) is 0.161. The molecular weight excluding hydrogens is 200 g/mol. The van der Waals surface area contributed by atoms with Gasteiger partial charge in [0.1, 0.15) is 0 Å². The van der Waals surface area contributed by atoms with E-state index in [0.29, 0.717) is 5.56 Å². The molecule has 1 heterocycles. The third-order valence-electron chi connectivity index (χ3n) is 3.35. The minimum absolute atomic E-state index is 0.00769. The van der Waals surface area contributed by atoms with Gasteiger partial charge in [0.25, 0.3) is 0 Å². The number of nitrogens with zero attached hydrogens (tertiary/aromatic N) is 1. The zero-order valence-electron chi connectivity index (χ0n) is 9.43. The molecule has 0 aromatic carbocycles. The summed E-state index contributed by atoms with van der Waals surface area (Å²) in [5, 5.41) is 0. The Hall–Kier alpha value is -1.22. The molecule has 1 aromatic heterocycles. The molecule has 16 heavy (non-hydrogen) atoms. The van der Waals surface area contributed by atoms with Crippen LogP contribution in [0.5, 0.6) is 0 Å². The second-order valence-corrected chi connectivity index (χ2v) is 4.51.